The van der Waals surface area contributed by atoms with E-state index < -0.39 is 5.97 Å². The average molecular weight is 408 g/mol. The highest BCUT2D eigenvalue weighted by Crippen LogP contribution is 2.33. The molecule has 4 nitrogen and oxygen atoms in total. The van der Waals surface area contributed by atoms with Gasteiger partial charge < -0.3 is 10.4 Å². The molecule has 148 valence electrons. The van der Waals surface area contributed by atoms with Crippen molar-refractivity contribution in [2.45, 2.75) is 35.1 Å². The molecule has 6 heteroatoms. The Kier molecular flexibility index (Phi) is 5.92. The summed E-state index contributed by atoms with van der Waals surface area (Å²) in [5.41, 5.74) is 3.66. The molecule has 3 aromatic rings. The molecule has 0 radical (unpaired) electrons. The number of benzene rings is 2. The molecule has 29 heavy (non-hydrogen) atoms. The molecule has 2 N–H and O–H groups in total. The minimum absolute atomic E-state index is 0.186. The number of fused-ring (bicyclic) bond motifs is 1. The topological polar surface area (TPSA) is 62.2 Å². The molecule has 0 fully saturated rings. The van der Waals surface area contributed by atoms with Crippen LogP contribution in [0.25, 0.3) is 0 Å². The predicted octanol–water partition coefficient (Wildman–Crippen LogP) is 4.89. The molecule has 2 aromatic carbocycles. The number of aromatic carboxylic acids is 1. The van der Waals surface area contributed by atoms with E-state index in [1.807, 2.05) is 0 Å². The molecule has 2 heterocycles. The molecular weight excluding hydrogens is 387 g/mol. The van der Waals surface area contributed by atoms with E-state index in [2.05, 4.69) is 28.5 Å². The summed E-state index contributed by atoms with van der Waals surface area (Å²) in [7, 11) is 0. The van der Waals surface area contributed by atoms with Crippen molar-refractivity contribution in [2.75, 3.05) is 6.54 Å². The number of carboxylic acids is 1. The molecule has 1 aromatic heterocycles. The lowest BCUT2D eigenvalue weighted by Gasteiger charge is -2.27. The van der Waals surface area contributed by atoms with Crippen LogP contribution in [0.5, 0.6) is 0 Å². The number of nitrogens with zero attached hydrogens (tertiary/aromatic N) is 1. The van der Waals surface area contributed by atoms with Crippen molar-refractivity contribution < 1.29 is 14.3 Å². The van der Waals surface area contributed by atoms with Crippen LogP contribution in [0.1, 0.15) is 39.5 Å². The number of halogens is 1. The number of aryl methyl sites for hydroxylation is 1. The highest BCUT2D eigenvalue weighted by molar-refractivity contribution is 7.99. The first-order valence-corrected chi connectivity index (χ1v) is 10.4. The Balaban J connectivity index is 1.48. The number of carboxylic acid groups (broad SMARTS) is 1. The lowest BCUT2D eigenvalue weighted by Crippen LogP contribution is -2.30. The van der Waals surface area contributed by atoms with Gasteiger partial charge in [-0.3, -0.25) is 4.98 Å². The number of hydrogen-bond acceptors (Lipinski definition) is 4. The SMILES string of the molecule is O=C(O)c1ccncc1CC[C@H]1NCCc2cc(Sc3ccc(F)cc3)ccc21. The molecule has 1 aliphatic heterocycles. The zero-order valence-electron chi connectivity index (χ0n) is 15.8. The van der Waals surface area contributed by atoms with E-state index in [1.54, 1.807) is 36.2 Å². The van der Waals surface area contributed by atoms with Gasteiger partial charge in [0.1, 0.15) is 5.82 Å². The lowest BCUT2D eigenvalue weighted by molar-refractivity contribution is 0.0695. The van der Waals surface area contributed by atoms with Crippen LogP contribution in [0, 0.1) is 5.82 Å². The second kappa shape index (κ2) is 8.76. The van der Waals surface area contributed by atoms with Gasteiger partial charge in [0.25, 0.3) is 0 Å². The van der Waals surface area contributed by atoms with E-state index >= 15 is 0 Å². The first-order valence-electron chi connectivity index (χ1n) is 9.56. The summed E-state index contributed by atoms with van der Waals surface area (Å²) in [6, 6.07) is 14.7. The van der Waals surface area contributed by atoms with Crippen LogP contribution in [0.3, 0.4) is 0 Å². The summed E-state index contributed by atoms with van der Waals surface area (Å²) >= 11 is 1.63. The lowest BCUT2D eigenvalue weighted by atomic mass is 9.90. The van der Waals surface area contributed by atoms with E-state index in [0.717, 1.165) is 34.7 Å². The fourth-order valence-electron chi connectivity index (χ4n) is 3.72. The van der Waals surface area contributed by atoms with Crippen molar-refractivity contribution >= 4 is 17.7 Å². The normalized spacial score (nSPS) is 15.7. The number of aromatic nitrogens is 1. The first-order chi connectivity index (χ1) is 14.1. The van der Waals surface area contributed by atoms with Gasteiger partial charge in [0.2, 0.25) is 0 Å². The highest BCUT2D eigenvalue weighted by Gasteiger charge is 2.21. The molecule has 1 atom stereocenters. The van der Waals surface area contributed by atoms with Gasteiger partial charge in [-0.1, -0.05) is 17.8 Å². The van der Waals surface area contributed by atoms with Crippen molar-refractivity contribution in [3.63, 3.8) is 0 Å². The molecule has 0 amide bonds. The minimum Gasteiger partial charge on any atom is -0.478 e. The van der Waals surface area contributed by atoms with Gasteiger partial charge in [-0.2, -0.15) is 0 Å². The van der Waals surface area contributed by atoms with Gasteiger partial charge >= 0.3 is 5.97 Å². The molecular formula is C23H21FN2O2S. The van der Waals surface area contributed by atoms with E-state index in [1.165, 1.54) is 29.5 Å². The maximum atomic E-state index is 13.1. The molecule has 0 aliphatic carbocycles. The Morgan fingerprint density at radius 1 is 1.17 bits per heavy atom. The van der Waals surface area contributed by atoms with Gasteiger partial charge in [0, 0.05) is 28.2 Å². The van der Waals surface area contributed by atoms with Crippen molar-refractivity contribution in [1.82, 2.24) is 10.3 Å². The van der Waals surface area contributed by atoms with Crippen molar-refractivity contribution in [2.24, 2.45) is 0 Å². The third kappa shape index (κ3) is 4.66. The Morgan fingerprint density at radius 2 is 1.97 bits per heavy atom. The summed E-state index contributed by atoms with van der Waals surface area (Å²) in [6.07, 6.45) is 5.58. The monoisotopic (exact) mass is 408 g/mol. The standard InChI is InChI=1S/C23H21FN2O2S/c24-17-2-4-18(5-3-17)29-19-6-7-20-15(13-19)9-12-26-22(20)8-1-16-14-25-11-10-21(16)23(27)28/h2-7,10-11,13-14,22,26H,1,8-9,12H2,(H,27,28)/t22-/m1/s1. The number of rotatable bonds is 6. The van der Waals surface area contributed by atoms with Crippen LogP contribution in [-0.2, 0) is 12.8 Å². The van der Waals surface area contributed by atoms with E-state index in [0.29, 0.717) is 12.0 Å². The molecule has 0 unspecified atom stereocenters. The van der Waals surface area contributed by atoms with Crippen LogP contribution < -0.4 is 5.32 Å². The van der Waals surface area contributed by atoms with Crippen LogP contribution in [-0.4, -0.2) is 22.6 Å². The molecule has 0 spiro atoms. The van der Waals surface area contributed by atoms with Gasteiger partial charge in [0.15, 0.2) is 0 Å². The van der Waals surface area contributed by atoms with Gasteiger partial charge in [-0.15, -0.1) is 0 Å². The van der Waals surface area contributed by atoms with Gasteiger partial charge in [-0.05, 0) is 85.0 Å². The zero-order chi connectivity index (χ0) is 20.2. The fourth-order valence-corrected chi connectivity index (χ4v) is 4.61. The Morgan fingerprint density at radius 3 is 2.76 bits per heavy atom. The van der Waals surface area contributed by atoms with Gasteiger partial charge in [0.05, 0.1) is 5.56 Å². The highest BCUT2D eigenvalue weighted by atomic mass is 32.2. The van der Waals surface area contributed by atoms with Crippen LogP contribution >= 0.6 is 11.8 Å². The third-order valence-electron chi connectivity index (χ3n) is 5.16. The second-order valence-corrected chi connectivity index (χ2v) is 8.20. The maximum Gasteiger partial charge on any atom is 0.336 e. The van der Waals surface area contributed by atoms with Crippen LogP contribution in [0.4, 0.5) is 4.39 Å². The molecule has 4 rings (SSSR count). The summed E-state index contributed by atoms with van der Waals surface area (Å²) in [5.74, 6) is -1.14. The fraction of sp³-hybridized carbons (Fsp3) is 0.217. The summed E-state index contributed by atoms with van der Waals surface area (Å²) < 4.78 is 13.1. The van der Waals surface area contributed by atoms with Crippen LogP contribution in [0.2, 0.25) is 0 Å². The second-order valence-electron chi connectivity index (χ2n) is 7.05. The number of carbonyl (C=O) groups is 1. The average Bonchev–Trinajstić information content (AvgIpc) is 2.74. The largest absolute Gasteiger partial charge is 0.478 e. The summed E-state index contributed by atoms with van der Waals surface area (Å²) in [4.78, 5) is 17.6. The van der Waals surface area contributed by atoms with Crippen LogP contribution in [0.15, 0.2) is 70.7 Å². The molecule has 0 saturated carbocycles. The van der Waals surface area contributed by atoms with Crippen molar-refractivity contribution in [3.05, 3.63) is 89.0 Å². The minimum atomic E-state index is -0.915. The Labute approximate surface area is 173 Å². The predicted molar refractivity (Wildman–Crippen MR) is 111 cm³/mol. The third-order valence-corrected chi connectivity index (χ3v) is 6.16. The summed E-state index contributed by atoms with van der Waals surface area (Å²) in [5, 5.41) is 12.9. The number of nitrogens with one attached hydrogen (secondary N) is 1. The molecule has 0 saturated heterocycles. The Hall–Kier alpha value is -2.70. The van der Waals surface area contributed by atoms with E-state index in [9.17, 15) is 14.3 Å². The Bertz CT molecular complexity index is 1020. The molecule has 0 bridgehead atoms. The zero-order valence-corrected chi connectivity index (χ0v) is 16.6. The van der Waals surface area contributed by atoms with Crippen molar-refractivity contribution in [1.29, 1.82) is 0 Å². The smallest absolute Gasteiger partial charge is 0.336 e. The van der Waals surface area contributed by atoms with E-state index in [-0.39, 0.29) is 11.9 Å². The quantitative estimate of drug-likeness (QED) is 0.608. The van der Waals surface area contributed by atoms with E-state index in [4.69, 9.17) is 0 Å². The van der Waals surface area contributed by atoms with Gasteiger partial charge in [-0.25, -0.2) is 9.18 Å². The number of pyridine rings is 1. The first kappa shape index (κ1) is 19.6. The number of hydrogen-bond donors (Lipinski definition) is 2. The summed E-state index contributed by atoms with van der Waals surface area (Å²) in [6.45, 7) is 0.890. The maximum absolute atomic E-state index is 13.1. The van der Waals surface area contributed by atoms with Crippen molar-refractivity contribution in [3.8, 4) is 0 Å². The molecule has 1 aliphatic rings.